The molecule has 0 spiro atoms. The molecule has 2 rings (SSSR count). The van der Waals surface area contributed by atoms with Crippen LogP contribution in [0.15, 0.2) is 41.4 Å². The molecule has 0 aliphatic carbocycles. The molecule has 0 fully saturated rings. The fourth-order valence-electron chi connectivity index (χ4n) is 2.60. The highest BCUT2D eigenvalue weighted by Crippen LogP contribution is 2.24. The summed E-state index contributed by atoms with van der Waals surface area (Å²) < 4.78 is 1.80. The second-order valence-corrected chi connectivity index (χ2v) is 6.77. The Morgan fingerprint density at radius 1 is 1.22 bits per heavy atom. The molecule has 1 aromatic carbocycles. The minimum Gasteiger partial charge on any atom is -0.351 e. The van der Waals surface area contributed by atoms with Crippen LogP contribution < -0.4 is 10.6 Å². The van der Waals surface area contributed by atoms with Gasteiger partial charge in [-0.2, -0.15) is 0 Å². The average molecular weight is 410 g/mol. The fraction of sp³-hybridized carbons (Fsp3) is 0.368. The molecule has 146 valence electrons. The number of aliphatic imine (C=N–C) groups is 1. The van der Waals surface area contributed by atoms with Crippen molar-refractivity contribution in [2.24, 2.45) is 12.0 Å². The van der Waals surface area contributed by atoms with Gasteiger partial charge in [-0.3, -0.25) is 9.79 Å². The molecule has 0 unspecified atom stereocenters. The van der Waals surface area contributed by atoms with Gasteiger partial charge in [-0.1, -0.05) is 53.5 Å². The van der Waals surface area contributed by atoms with Crippen molar-refractivity contribution >= 4 is 35.1 Å². The Labute approximate surface area is 170 Å². The molecule has 0 saturated carbocycles. The highest BCUT2D eigenvalue weighted by molar-refractivity contribution is 6.41. The van der Waals surface area contributed by atoms with Gasteiger partial charge in [0.2, 0.25) is 5.91 Å². The molecule has 0 atom stereocenters. The highest BCUT2D eigenvalue weighted by Gasteiger charge is 2.13. The molecular weight excluding hydrogens is 385 g/mol. The molecule has 1 aromatic heterocycles. The Kier molecular flexibility index (Phi) is 8.00. The van der Waals surface area contributed by atoms with E-state index in [4.69, 9.17) is 23.2 Å². The molecule has 0 aliphatic rings. The van der Waals surface area contributed by atoms with Gasteiger partial charge in [0.15, 0.2) is 5.96 Å². The lowest BCUT2D eigenvalue weighted by Crippen LogP contribution is -2.44. The monoisotopic (exact) mass is 409 g/mol. The number of nitrogens with zero attached hydrogens (tertiary/aromatic N) is 3. The quantitative estimate of drug-likeness (QED) is 0.545. The normalized spacial score (nSPS) is 11.4. The summed E-state index contributed by atoms with van der Waals surface area (Å²) in [6.07, 6.45) is 0. The van der Waals surface area contributed by atoms with Crippen LogP contribution in [0.5, 0.6) is 0 Å². The molecule has 0 aliphatic heterocycles. The standard InChI is InChI=1S/C19H25Cl2N5O/c1-4-26(13-14-8-6-5-7-9-14)17(27)12-24-19(22-2)23-11-15-10-16(20)18(21)25(15)3/h5-10H,4,11-13H2,1-3H3,(H2,22,23,24). The van der Waals surface area contributed by atoms with Gasteiger partial charge >= 0.3 is 0 Å². The van der Waals surface area contributed by atoms with Crippen molar-refractivity contribution in [3.63, 3.8) is 0 Å². The van der Waals surface area contributed by atoms with E-state index in [-0.39, 0.29) is 12.5 Å². The Bertz CT molecular complexity index is 789. The zero-order valence-corrected chi connectivity index (χ0v) is 17.3. The summed E-state index contributed by atoms with van der Waals surface area (Å²) in [5.41, 5.74) is 2.02. The van der Waals surface area contributed by atoms with Crippen LogP contribution in [-0.4, -0.2) is 41.5 Å². The molecule has 0 saturated heterocycles. The first-order valence-corrected chi connectivity index (χ1v) is 9.47. The number of nitrogens with one attached hydrogen (secondary N) is 2. The summed E-state index contributed by atoms with van der Waals surface area (Å²) in [5.74, 6) is 0.543. The maximum Gasteiger partial charge on any atom is 0.242 e. The van der Waals surface area contributed by atoms with Gasteiger partial charge in [0.25, 0.3) is 0 Å². The molecule has 0 radical (unpaired) electrons. The number of likely N-dealkylation sites (N-methyl/N-ethyl adjacent to an activating group) is 1. The first kappa shape index (κ1) is 21.1. The minimum atomic E-state index is 0.00857. The van der Waals surface area contributed by atoms with Gasteiger partial charge in [0, 0.05) is 32.9 Å². The summed E-state index contributed by atoms with van der Waals surface area (Å²) in [6.45, 7) is 3.84. The summed E-state index contributed by atoms with van der Waals surface area (Å²) in [6, 6.07) is 11.7. The number of guanidine groups is 1. The van der Waals surface area contributed by atoms with Crippen LogP contribution in [0.4, 0.5) is 0 Å². The number of carbonyl (C=O) groups is 1. The number of carbonyl (C=O) groups excluding carboxylic acids is 1. The summed E-state index contributed by atoms with van der Waals surface area (Å²) in [5, 5.41) is 7.21. The summed E-state index contributed by atoms with van der Waals surface area (Å²) in [7, 11) is 3.50. The van der Waals surface area contributed by atoms with Crippen LogP contribution >= 0.6 is 23.2 Å². The maximum absolute atomic E-state index is 12.5. The molecule has 1 amide bonds. The van der Waals surface area contributed by atoms with Gasteiger partial charge in [-0.05, 0) is 18.6 Å². The lowest BCUT2D eigenvalue weighted by atomic mass is 10.2. The molecule has 6 nitrogen and oxygen atoms in total. The molecule has 0 bridgehead atoms. The van der Waals surface area contributed by atoms with E-state index < -0.39 is 0 Å². The summed E-state index contributed by atoms with van der Waals surface area (Å²) >= 11 is 12.1. The zero-order chi connectivity index (χ0) is 19.8. The fourth-order valence-corrected chi connectivity index (χ4v) is 3.02. The van der Waals surface area contributed by atoms with Crippen LogP contribution in [0.1, 0.15) is 18.2 Å². The van der Waals surface area contributed by atoms with Crippen molar-refractivity contribution in [2.45, 2.75) is 20.0 Å². The van der Waals surface area contributed by atoms with Crippen molar-refractivity contribution in [2.75, 3.05) is 20.1 Å². The Morgan fingerprint density at radius 3 is 2.48 bits per heavy atom. The van der Waals surface area contributed by atoms with Crippen molar-refractivity contribution in [1.82, 2.24) is 20.1 Å². The number of halogens is 2. The van der Waals surface area contributed by atoms with E-state index >= 15 is 0 Å². The summed E-state index contributed by atoms with van der Waals surface area (Å²) in [4.78, 5) is 18.5. The zero-order valence-electron chi connectivity index (χ0n) is 15.8. The van der Waals surface area contributed by atoms with Crippen molar-refractivity contribution in [3.8, 4) is 0 Å². The van der Waals surface area contributed by atoms with Crippen LogP contribution in [0.2, 0.25) is 10.2 Å². The molecule has 27 heavy (non-hydrogen) atoms. The Hall–Kier alpha value is -2.18. The van der Waals surface area contributed by atoms with Gasteiger partial charge in [-0.25, -0.2) is 0 Å². The number of aromatic nitrogens is 1. The number of benzene rings is 1. The second-order valence-electron chi connectivity index (χ2n) is 6.01. The van der Waals surface area contributed by atoms with Gasteiger partial charge < -0.3 is 20.1 Å². The van der Waals surface area contributed by atoms with E-state index in [2.05, 4.69) is 15.6 Å². The molecule has 2 N–H and O–H groups in total. The lowest BCUT2D eigenvalue weighted by molar-refractivity contribution is -0.130. The van der Waals surface area contributed by atoms with E-state index in [1.54, 1.807) is 22.6 Å². The number of rotatable bonds is 7. The largest absolute Gasteiger partial charge is 0.351 e. The van der Waals surface area contributed by atoms with Crippen LogP contribution in [-0.2, 0) is 24.9 Å². The molecular formula is C19H25Cl2N5O. The molecule has 1 heterocycles. The lowest BCUT2D eigenvalue weighted by Gasteiger charge is -2.22. The van der Waals surface area contributed by atoms with Gasteiger partial charge in [0.05, 0.1) is 18.1 Å². The topological polar surface area (TPSA) is 61.7 Å². The number of hydrogen-bond donors (Lipinski definition) is 2. The number of amides is 1. The van der Waals surface area contributed by atoms with Crippen molar-refractivity contribution in [3.05, 3.63) is 57.8 Å². The predicted octanol–water partition coefficient (Wildman–Crippen LogP) is 3.05. The smallest absolute Gasteiger partial charge is 0.242 e. The third-order valence-corrected chi connectivity index (χ3v) is 5.08. The van der Waals surface area contributed by atoms with Crippen molar-refractivity contribution in [1.29, 1.82) is 0 Å². The average Bonchev–Trinajstić information content (AvgIpc) is 2.93. The van der Waals surface area contributed by atoms with E-state index in [0.29, 0.717) is 35.8 Å². The van der Waals surface area contributed by atoms with E-state index in [9.17, 15) is 4.79 Å². The Morgan fingerprint density at radius 2 is 1.93 bits per heavy atom. The minimum absolute atomic E-state index is 0.00857. The van der Waals surface area contributed by atoms with E-state index in [1.807, 2.05) is 44.3 Å². The second kappa shape index (κ2) is 10.2. The Balaban J connectivity index is 1.86. The highest BCUT2D eigenvalue weighted by atomic mass is 35.5. The first-order valence-electron chi connectivity index (χ1n) is 8.72. The third kappa shape index (κ3) is 5.91. The van der Waals surface area contributed by atoms with Crippen LogP contribution in [0, 0.1) is 0 Å². The third-order valence-electron chi connectivity index (χ3n) is 4.23. The van der Waals surface area contributed by atoms with Crippen LogP contribution in [0.3, 0.4) is 0 Å². The van der Waals surface area contributed by atoms with Crippen LogP contribution in [0.25, 0.3) is 0 Å². The molecule has 8 heteroatoms. The van der Waals surface area contributed by atoms with E-state index in [0.717, 1.165) is 11.3 Å². The maximum atomic E-state index is 12.5. The molecule has 2 aromatic rings. The number of hydrogen-bond acceptors (Lipinski definition) is 2. The van der Waals surface area contributed by atoms with E-state index in [1.165, 1.54) is 0 Å². The first-order chi connectivity index (χ1) is 13.0. The SMILES string of the molecule is CCN(Cc1ccccc1)C(=O)CNC(=NC)NCc1cc(Cl)c(Cl)n1C. The van der Waals surface area contributed by atoms with Gasteiger partial charge in [-0.15, -0.1) is 0 Å². The van der Waals surface area contributed by atoms with Gasteiger partial charge in [0.1, 0.15) is 5.15 Å². The van der Waals surface area contributed by atoms with Crippen molar-refractivity contribution < 1.29 is 4.79 Å². The predicted molar refractivity (Wildman–Crippen MR) is 111 cm³/mol.